The molecule has 0 amide bonds. The van der Waals surface area contributed by atoms with Crippen LogP contribution < -0.4 is 16.5 Å². The number of nitrogens with zero attached hydrogens (tertiary/aromatic N) is 2. The Hall–Kier alpha value is -1.36. The Morgan fingerprint density at radius 1 is 1.50 bits per heavy atom. The monoisotopic (exact) mass is 168 g/mol. The quantitative estimate of drug-likeness (QED) is 0.625. The predicted molar refractivity (Wildman–Crippen MR) is 45.3 cm³/mol. The Balaban J connectivity index is 3.05. The van der Waals surface area contributed by atoms with Gasteiger partial charge in [-0.25, -0.2) is 9.97 Å². The SMILES string of the molecule is CC(C)c1cnc(N)c(ON)n1. The van der Waals surface area contributed by atoms with E-state index in [-0.39, 0.29) is 17.6 Å². The highest BCUT2D eigenvalue weighted by Crippen LogP contribution is 2.18. The number of aromatic nitrogens is 2. The molecule has 0 radical (unpaired) electrons. The maximum Gasteiger partial charge on any atom is 0.280 e. The van der Waals surface area contributed by atoms with Crippen LogP contribution in [0.2, 0.25) is 0 Å². The highest BCUT2D eigenvalue weighted by molar-refractivity contribution is 5.40. The van der Waals surface area contributed by atoms with Gasteiger partial charge in [0.2, 0.25) is 0 Å². The number of nitrogens with two attached hydrogens (primary N) is 2. The van der Waals surface area contributed by atoms with Gasteiger partial charge in [0.1, 0.15) is 0 Å². The van der Waals surface area contributed by atoms with E-state index in [4.69, 9.17) is 11.6 Å². The summed E-state index contributed by atoms with van der Waals surface area (Å²) >= 11 is 0. The molecule has 0 aliphatic rings. The topological polar surface area (TPSA) is 87.0 Å². The number of nitrogen functional groups attached to an aromatic ring is 1. The molecule has 66 valence electrons. The fourth-order valence-corrected chi connectivity index (χ4v) is 0.759. The van der Waals surface area contributed by atoms with E-state index in [1.807, 2.05) is 13.8 Å². The standard InChI is InChI=1S/C7H12N4O/c1-4(2)5-3-10-6(8)7(11-5)12-9/h3-4H,9H2,1-2H3,(H2,8,10). The van der Waals surface area contributed by atoms with E-state index in [2.05, 4.69) is 14.8 Å². The van der Waals surface area contributed by atoms with E-state index in [9.17, 15) is 0 Å². The first-order valence-corrected chi connectivity index (χ1v) is 3.64. The summed E-state index contributed by atoms with van der Waals surface area (Å²) in [5, 5.41) is 0. The van der Waals surface area contributed by atoms with Crippen LogP contribution in [-0.4, -0.2) is 9.97 Å². The fraction of sp³-hybridized carbons (Fsp3) is 0.429. The van der Waals surface area contributed by atoms with Crippen molar-refractivity contribution in [2.75, 3.05) is 5.73 Å². The van der Waals surface area contributed by atoms with Gasteiger partial charge in [0.15, 0.2) is 5.82 Å². The maximum atomic E-state index is 5.42. The van der Waals surface area contributed by atoms with Crippen LogP contribution in [0.1, 0.15) is 25.5 Å². The number of hydrogen-bond donors (Lipinski definition) is 2. The van der Waals surface area contributed by atoms with Crippen LogP contribution in [0.5, 0.6) is 5.88 Å². The third-order valence-electron chi connectivity index (χ3n) is 1.49. The van der Waals surface area contributed by atoms with Gasteiger partial charge in [-0.2, -0.15) is 5.90 Å². The van der Waals surface area contributed by atoms with Crippen LogP contribution in [0.4, 0.5) is 5.82 Å². The van der Waals surface area contributed by atoms with Crippen LogP contribution >= 0.6 is 0 Å². The van der Waals surface area contributed by atoms with E-state index in [1.54, 1.807) is 6.20 Å². The third kappa shape index (κ3) is 1.62. The van der Waals surface area contributed by atoms with Gasteiger partial charge >= 0.3 is 0 Å². The summed E-state index contributed by atoms with van der Waals surface area (Å²) in [5.41, 5.74) is 6.23. The average Bonchev–Trinajstić information content (AvgIpc) is 2.05. The molecule has 0 aliphatic carbocycles. The Labute approximate surface area is 70.7 Å². The zero-order valence-corrected chi connectivity index (χ0v) is 7.11. The predicted octanol–water partition coefficient (Wildman–Crippen LogP) is 0.435. The molecule has 5 nitrogen and oxygen atoms in total. The van der Waals surface area contributed by atoms with Crippen molar-refractivity contribution in [2.24, 2.45) is 5.90 Å². The second-order valence-electron chi connectivity index (χ2n) is 2.76. The fourth-order valence-electron chi connectivity index (χ4n) is 0.759. The number of rotatable bonds is 2. The van der Waals surface area contributed by atoms with Crippen LogP contribution in [-0.2, 0) is 0 Å². The first kappa shape index (κ1) is 8.73. The van der Waals surface area contributed by atoms with E-state index in [0.717, 1.165) is 5.69 Å². The highest BCUT2D eigenvalue weighted by Gasteiger charge is 2.07. The van der Waals surface area contributed by atoms with Gasteiger partial charge in [-0.3, -0.25) is 0 Å². The normalized spacial score (nSPS) is 10.3. The lowest BCUT2D eigenvalue weighted by Gasteiger charge is -2.06. The van der Waals surface area contributed by atoms with E-state index in [0.29, 0.717) is 0 Å². The lowest BCUT2D eigenvalue weighted by Crippen LogP contribution is -2.09. The summed E-state index contributed by atoms with van der Waals surface area (Å²) < 4.78 is 0. The molecule has 1 aromatic heterocycles. The van der Waals surface area contributed by atoms with Crippen molar-refractivity contribution in [3.8, 4) is 5.88 Å². The van der Waals surface area contributed by atoms with Crippen molar-refractivity contribution in [2.45, 2.75) is 19.8 Å². The molecular weight excluding hydrogens is 156 g/mol. The molecule has 0 spiro atoms. The van der Waals surface area contributed by atoms with Gasteiger partial charge < -0.3 is 10.6 Å². The molecule has 0 saturated heterocycles. The molecular formula is C7H12N4O. The van der Waals surface area contributed by atoms with Crippen molar-refractivity contribution in [3.63, 3.8) is 0 Å². The van der Waals surface area contributed by atoms with E-state index < -0.39 is 0 Å². The van der Waals surface area contributed by atoms with E-state index in [1.165, 1.54) is 0 Å². The molecule has 0 saturated carbocycles. The van der Waals surface area contributed by atoms with Gasteiger partial charge in [0.05, 0.1) is 11.9 Å². The van der Waals surface area contributed by atoms with Crippen molar-refractivity contribution < 1.29 is 4.84 Å². The summed E-state index contributed by atoms with van der Waals surface area (Å²) in [6.45, 7) is 4.00. The second-order valence-corrected chi connectivity index (χ2v) is 2.76. The summed E-state index contributed by atoms with van der Waals surface area (Å²) in [6, 6.07) is 0. The molecule has 0 bridgehead atoms. The summed E-state index contributed by atoms with van der Waals surface area (Å²) in [5.74, 6) is 5.61. The Bertz CT molecular complexity index is 274. The zero-order chi connectivity index (χ0) is 9.14. The largest absolute Gasteiger partial charge is 0.387 e. The Morgan fingerprint density at radius 3 is 2.67 bits per heavy atom. The van der Waals surface area contributed by atoms with Gasteiger partial charge in [0, 0.05) is 0 Å². The maximum absolute atomic E-state index is 5.42. The second kappa shape index (κ2) is 3.36. The zero-order valence-electron chi connectivity index (χ0n) is 7.11. The molecule has 12 heavy (non-hydrogen) atoms. The Morgan fingerprint density at radius 2 is 2.17 bits per heavy atom. The number of hydrogen-bond acceptors (Lipinski definition) is 5. The van der Waals surface area contributed by atoms with Crippen LogP contribution in [0.3, 0.4) is 0 Å². The van der Waals surface area contributed by atoms with Gasteiger partial charge in [-0.05, 0) is 5.92 Å². The lowest BCUT2D eigenvalue weighted by atomic mass is 10.1. The smallest absolute Gasteiger partial charge is 0.280 e. The molecule has 5 heteroatoms. The molecule has 1 rings (SSSR count). The minimum absolute atomic E-state index is 0.182. The van der Waals surface area contributed by atoms with E-state index >= 15 is 0 Å². The number of anilines is 1. The molecule has 0 aromatic carbocycles. The first-order valence-electron chi connectivity index (χ1n) is 3.64. The van der Waals surface area contributed by atoms with Crippen molar-refractivity contribution >= 4 is 5.82 Å². The molecule has 4 N–H and O–H groups in total. The summed E-state index contributed by atoms with van der Waals surface area (Å²) in [7, 11) is 0. The molecule has 0 fully saturated rings. The Kier molecular flexibility index (Phi) is 2.44. The third-order valence-corrected chi connectivity index (χ3v) is 1.49. The van der Waals surface area contributed by atoms with Crippen LogP contribution in [0, 0.1) is 0 Å². The van der Waals surface area contributed by atoms with Crippen molar-refractivity contribution in [1.29, 1.82) is 0 Å². The first-order chi connectivity index (χ1) is 5.65. The van der Waals surface area contributed by atoms with Crippen LogP contribution in [0.15, 0.2) is 6.20 Å². The molecule has 1 heterocycles. The lowest BCUT2D eigenvalue weighted by molar-refractivity contribution is 0.320. The van der Waals surface area contributed by atoms with Crippen LogP contribution in [0.25, 0.3) is 0 Å². The minimum Gasteiger partial charge on any atom is -0.387 e. The molecule has 0 atom stereocenters. The summed E-state index contributed by atoms with van der Waals surface area (Å²) in [6.07, 6.45) is 1.61. The van der Waals surface area contributed by atoms with Crippen molar-refractivity contribution in [1.82, 2.24) is 9.97 Å². The van der Waals surface area contributed by atoms with Gasteiger partial charge in [0.25, 0.3) is 5.88 Å². The highest BCUT2D eigenvalue weighted by atomic mass is 16.6. The summed E-state index contributed by atoms with van der Waals surface area (Å²) in [4.78, 5) is 12.4. The van der Waals surface area contributed by atoms with Crippen molar-refractivity contribution in [3.05, 3.63) is 11.9 Å². The molecule has 0 unspecified atom stereocenters. The van der Waals surface area contributed by atoms with Gasteiger partial charge in [-0.15, -0.1) is 0 Å². The van der Waals surface area contributed by atoms with Gasteiger partial charge in [-0.1, -0.05) is 13.8 Å². The minimum atomic E-state index is 0.182. The average molecular weight is 168 g/mol. The molecule has 0 aliphatic heterocycles. The molecule has 1 aromatic rings.